The summed E-state index contributed by atoms with van der Waals surface area (Å²) >= 11 is 0.194. The summed E-state index contributed by atoms with van der Waals surface area (Å²) in [5.74, 6) is 0. The second-order valence-electron chi connectivity index (χ2n) is 0. The molecule has 4 heteroatoms. The quantitative estimate of drug-likeness (QED) is 0.407. The normalized spacial score (nSPS) is 0.750. The first-order chi connectivity index (χ1) is 1.00. The molecule has 0 aliphatic heterocycles. The van der Waals surface area contributed by atoms with E-state index in [4.69, 9.17) is 3.25 Å². The van der Waals surface area contributed by atoms with E-state index in [1.54, 1.807) is 0 Å². The summed E-state index contributed by atoms with van der Waals surface area (Å²) in [6.45, 7) is 0. The van der Waals surface area contributed by atoms with Crippen LogP contribution in [0.15, 0.2) is 0 Å². The Morgan fingerprint density at radius 2 is 1.25 bits per heavy atom. The first-order valence-corrected chi connectivity index (χ1v) is 1.49. The van der Waals surface area contributed by atoms with E-state index in [-0.39, 0.29) is 64.3 Å². The predicted octanol–water partition coefficient (Wildman–Crippen LogP) is -1.31. The fraction of sp³-hybridized carbons (Fsp3) is 0. The van der Waals surface area contributed by atoms with E-state index in [0.717, 1.165) is 0 Å². The Morgan fingerprint density at radius 1 is 1.25 bits per heavy atom. The Bertz CT molecular complexity index is 8.00. The van der Waals surface area contributed by atoms with Crippen molar-refractivity contribution in [2.24, 2.45) is 0 Å². The van der Waals surface area contributed by atoms with Gasteiger partial charge in [-0.1, -0.05) is 0 Å². The molecule has 0 aromatic heterocycles. The zero-order chi connectivity index (χ0) is 2.00. The standard InChI is InChI=1S/Bi.Fe.O.Ta.3H. The fourth-order valence-corrected chi connectivity index (χ4v) is 0. The molecule has 0 bridgehead atoms. The minimum atomic E-state index is 0. The molecule has 0 fully saturated rings. The van der Waals surface area contributed by atoms with Gasteiger partial charge >= 0.3 is 50.5 Å². The summed E-state index contributed by atoms with van der Waals surface area (Å²) in [6.07, 6.45) is 0. The molecule has 0 rings (SSSR count). The maximum absolute atomic E-state index is 8.36. The van der Waals surface area contributed by atoms with Gasteiger partial charge in [0.05, 0.1) is 0 Å². The second kappa shape index (κ2) is 20.4. The van der Waals surface area contributed by atoms with E-state index in [9.17, 15) is 0 Å². The molecule has 0 aliphatic rings. The van der Waals surface area contributed by atoms with Gasteiger partial charge in [0.15, 0.2) is 0 Å². The summed E-state index contributed by atoms with van der Waals surface area (Å²) in [4.78, 5) is 0. The van der Waals surface area contributed by atoms with Crippen LogP contribution in [0.3, 0.4) is 0 Å². The van der Waals surface area contributed by atoms with E-state index in [0.29, 0.717) is 0 Å². The molecule has 0 spiro atoms. The van der Waals surface area contributed by atoms with Crippen LogP contribution in [0.4, 0.5) is 0 Å². The molecule has 0 aliphatic carbocycles. The third-order valence-corrected chi connectivity index (χ3v) is 0. The van der Waals surface area contributed by atoms with Crippen LogP contribution in [0.2, 0.25) is 0 Å². The molecule has 4 heavy (non-hydrogen) atoms. The van der Waals surface area contributed by atoms with E-state index in [1.807, 2.05) is 0 Å². The fourth-order valence-electron chi connectivity index (χ4n) is 0. The van der Waals surface area contributed by atoms with Crippen molar-refractivity contribution in [1.29, 1.82) is 0 Å². The first kappa shape index (κ1) is 16.8. The topological polar surface area (TPSA) is 17.1 Å². The van der Waals surface area contributed by atoms with Gasteiger partial charge in [0.25, 0.3) is 0 Å². The summed E-state index contributed by atoms with van der Waals surface area (Å²) in [6, 6.07) is 0. The van der Waals surface area contributed by atoms with Gasteiger partial charge < -0.3 is 0 Å². The van der Waals surface area contributed by atoms with Crippen LogP contribution in [-0.4, -0.2) is 26.2 Å². The van der Waals surface area contributed by atoms with Crippen molar-refractivity contribution in [3.63, 3.8) is 0 Å². The summed E-state index contributed by atoms with van der Waals surface area (Å²) in [5.41, 5.74) is 0. The van der Waals surface area contributed by atoms with Crippen LogP contribution >= 0.6 is 0 Å². The van der Waals surface area contributed by atoms with Gasteiger partial charge in [-0.3, -0.25) is 0 Å². The van der Waals surface area contributed by atoms with Crippen molar-refractivity contribution < 1.29 is 41.4 Å². The van der Waals surface area contributed by atoms with Crippen molar-refractivity contribution >= 4 is 26.2 Å². The molecule has 27 valence electrons. The summed E-state index contributed by atoms with van der Waals surface area (Å²) < 4.78 is 8.36. The minimum absolute atomic E-state index is 0. The number of hydrogen-bond acceptors (Lipinski definition) is 1. The molecule has 0 unspecified atom stereocenters. The molecule has 0 saturated carbocycles. The Labute approximate surface area is 66.8 Å². The predicted molar refractivity (Wildman–Crippen MR) is 10.6 cm³/mol. The molecule has 0 heterocycles. The zero-order valence-corrected chi connectivity index (χ0v) is 11.7. The van der Waals surface area contributed by atoms with Gasteiger partial charge in [-0.15, -0.1) is 0 Å². The molecular weight excluding hydrogens is 462 g/mol. The van der Waals surface area contributed by atoms with Crippen molar-refractivity contribution in [1.82, 2.24) is 0 Å². The Kier molecular flexibility index (Phi) is 85.3. The maximum atomic E-state index is 8.36. The SMILES string of the molecule is [BiH3].[Fe].[O]=[Ta]. The average Bonchev–Trinajstić information content (AvgIpc) is 1.00. The monoisotopic (exact) mass is 465 g/mol. The van der Waals surface area contributed by atoms with Gasteiger partial charge in [-0.2, -0.15) is 0 Å². The Balaban J connectivity index is -0.00000000500. The molecule has 1 nitrogen and oxygen atoms in total. The Hall–Kier alpha value is 1.94. The van der Waals surface area contributed by atoms with Crippen LogP contribution in [0.25, 0.3) is 0 Å². The molecule has 0 aromatic rings. The van der Waals surface area contributed by atoms with Gasteiger partial charge in [0.2, 0.25) is 0 Å². The number of rotatable bonds is 0. The van der Waals surface area contributed by atoms with Crippen molar-refractivity contribution in [2.45, 2.75) is 0 Å². The van der Waals surface area contributed by atoms with Crippen LogP contribution < -0.4 is 0 Å². The molecular formula is H3BiFeOTa. The van der Waals surface area contributed by atoms with Gasteiger partial charge in [-0.05, 0) is 0 Å². The Morgan fingerprint density at radius 3 is 1.25 bits per heavy atom. The van der Waals surface area contributed by atoms with Crippen molar-refractivity contribution in [3.8, 4) is 0 Å². The van der Waals surface area contributed by atoms with Gasteiger partial charge in [0, 0.05) is 17.1 Å². The second-order valence-corrected chi connectivity index (χ2v) is 0. The first-order valence-electron chi connectivity index (χ1n) is 0.183. The van der Waals surface area contributed by atoms with Crippen LogP contribution in [0, 0.1) is 0 Å². The third-order valence-electron chi connectivity index (χ3n) is 0. The van der Waals surface area contributed by atoms with E-state index in [1.165, 1.54) is 0 Å². The van der Waals surface area contributed by atoms with E-state index in [2.05, 4.69) is 0 Å². The van der Waals surface area contributed by atoms with Gasteiger partial charge in [-0.25, -0.2) is 0 Å². The molecule has 0 N–H and O–H groups in total. The van der Waals surface area contributed by atoms with E-state index >= 15 is 0 Å². The van der Waals surface area contributed by atoms with Gasteiger partial charge in [0.1, 0.15) is 0 Å². The van der Waals surface area contributed by atoms with Crippen LogP contribution in [0.5, 0.6) is 0 Å². The number of hydrogen-bond donors (Lipinski definition) is 0. The third kappa shape index (κ3) is 9.05. The summed E-state index contributed by atoms with van der Waals surface area (Å²) in [7, 11) is 0. The molecule has 0 radical (unpaired) electrons. The molecule has 0 amide bonds. The van der Waals surface area contributed by atoms with Crippen LogP contribution in [0.1, 0.15) is 0 Å². The van der Waals surface area contributed by atoms with Crippen molar-refractivity contribution in [3.05, 3.63) is 0 Å². The average molecular weight is 465 g/mol. The molecule has 0 saturated heterocycles. The summed E-state index contributed by atoms with van der Waals surface area (Å²) in [5, 5.41) is 0. The molecule has 0 atom stereocenters. The van der Waals surface area contributed by atoms with Crippen LogP contribution in [-0.2, 0) is 41.4 Å². The zero-order valence-electron chi connectivity index (χ0n) is 1.92. The van der Waals surface area contributed by atoms with E-state index < -0.39 is 0 Å². The molecule has 0 aromatic carbocycles. The van der Waals surface area contributed by atoms with Crippen molar-refractivity contribution in [2.75, 3.05) is 0 Å².